The largest absolute Gasteiger partial charge is 0.493 e. The minimum absolute atomic E-state index is 0.182. The van der Waals surface area contributed by atoms with E-state index in [1.54, 1.807) is 12.1 Å². The molecule has 4 nitrogen and oxygen atoms in total. The van der Waals surface area contributed by atoms with Crippen LogP contribution in [0.15, 0.2) is 42.5 Å². The minimum Gasteiger partial charge on any atom is -0.493 e. The van der Waals surface area contributed by atoms with Gasteiger partial charge in [0.2, 0.25) is 6.79 Å². The fourth-order valence-electron chi connectivity index (χ4n) is 4.38. The van der Waals surface area contributed by atoms with Gasteiger partial charge < -0.3 is 19.1 Å². The molecule has 0 N–H and O–H groups in total. The van der Waals surface area contributed by atoms with Crippen LogP contribution in [0.5, 0.6) is 17.2 Å². The Balaban J connectivity index is 1.44. The molecular formula is C24H30FNO3. The maximum absolute atomic E-state index is 13.4. The second kappa shape index (κ2) is 9.49. The van der Waals surface area contributed by atoms with Gasteiger partial charge in [-0.25, -0.2) is 4.39 Å². The molecule has 4 rings (SSSR count). The van der Waals surface area contributed by atoms with Gasteiger partial charge in [-0.2, -0.15) is 0 Å². The molecule has 0 saturated carbocycles. The van der Waals surface area contributed by atoms with Gasteiger partial charge in [0.15, 0.2) is 11.5 Å². The Labute approximate surface area is 172 Å². The van der Waals surface area contributed by atoms with Gasteiger partial charge >= 0.3 is 0 Å². The minimum atomic E-state index is -0.182. The van der Waals surface area contributed by atoms with E-state index in [9.17, 15) is 4.39 Å². The lowest BCUT2D eigenvalue weighted by Gasteiger charge is -2.39. The standard InChI is InChI=1S/C24H30FNO3/c1-2-3-4-12-26-13-11-22(18-5-7-20(25)8-6-18)19(15-26)16-27-21-9-10-23-24(14-21)29-17-28-23/h5-10,14,19,22H,2-4,11-13,15-17H2,1H3/t19-,22+/m0/s1. The van der Waals surface area contributed by atoms with Crippen LogP contribution in [0.4, 0.5) is 4.39 Å². The molecule has 2 aromatic rings. The van der Waals surface area contributed by atoms with Crippen LogP contribution in [-0.4, -0.2) is 37.9 Å². The molecular weight excluding hydrogens is 369 g/mol. The third-order valence-electron chi connectivity index (χ3n) is 6.00. The SMILES string of the molecule is CCCCCN1CC[C@H](c2ccc(F)cc2)[C@H](COc2ccc3c(c2)OCO3)C1. The Bertz CT molecular complexity index is 795. The van der Waals surface area contributed by atoms with Crippen LogP contribution in [0.25, 0.3) is 0 Å². The van der Waals surface area contributed by atoms with Crippen molar-refractivity contribution in [1.29, 1.82) is 0 Å². The first-order chi connectivity index (χ1) is 14.2. The fourth-order valence-corrected chi connectivity index (χ4v) is 4.38. The summed E-state index contributed by atoms with van der Waals surface area (Å²) >= 11 is 0. The van der Waals surface area contributed by atoms with Crippen LogP contribution in [-0.2, 0) is 0 Å². The second-order valence-electron chi connectivity index (χ2n) is 8.04. The topological polar surface area (TPSA) is 30.9 Å². The Kier molecular flexibility index (Phi) is 6.55. The smallest absolute Gasteiger partial charge is 0.231 e. The van der Waals surface area contributed by atoms with Gasteiger partial charge in [-0.1, -0.05) is 31.9 Å². The van der Waals surface area contributed by atoms with Gasteiger partial charge in [-0.15, -0.1) is 0 Å². The third kappa shape index (κ3) is 5.02. The normalized spacial score (nSPS) is 21.3. The first kappa shape index (κ1) is 20.0. The monoisotopic (exact) mass is 399 g/mol. The number of fused-ring (bicyclic) bond motifs is 1. The molecule has 0 aliphatic carbocycles. The summed E-state index contributed by atoms with van der Waals surface area (Å²) in [6.07, 6.45) is 4.83. The summed E-state index contributed by atoms with van der Waals surface area (Å²) in [5.41, 5.74) is 1.21. The molecule has 0 radical (unpaired) electrons. The van der Waals surface area contributed by atoms with Gasteiger partial charge in [-0.05, 0) is 61.7 Å². The molecule has 1 fully saturated rings. The molecule has 29 heavy (non-hydrogen) atoms. The number of piperidine rings is 1. The number of ether oxygens (including phenoxy) is 3. The lowest BCUT2D eigenvalue weighted by Crippen LogP contribution is -2.42. The number of unbranched alkanes of at least 4 members (excludes halogenated alkanes) is 2. The van der Waals surface area contributed by atoms with Crippen LogP contribution >= 0.6 is 0 Å². The molecule has 2 aliphatic rings. The van der Waals surface area contributed by atoms with Crippen LogP contribution in [0.1, 0.15) is 44.1 Å². The number of nitrogens with zero attached hydrogens (tertiary/aromatic N) is 1. The lowest BCUT2D eigenvalue weighted by molar-refractivity contribution is 0.109. The predicted octanol–water partition coefficient (Wildman–Crippen LogP) is 5.23. The zero-order valence-corrected chi connectivity index (χ0v) is 17.1. The highest BCUT2D eigenvalue weighted by Gasteiger charge is 2.31. The third-order valence-corrected chi connectivity index (χ3v) is 6.00. The quantitative estimate of drug-likeness (QED) is 0.569. The van der Waals surface area contributed by atoms with E-state index in [0.717, 1.165) is 43.3 Å². The van der Waals surface area contributed by atoms with Gasteiger partial charge in [0.05, 0.1) is 6.61 Å². The van der Waals surface area contributed by atoms with E-state index in [4.69, 9.17) is 14.2 Å². The Morgan fingerprint density at radius 2 is 1.90 bits per heavy atom. The summed E-state index contributed by atoms with van der Waals surface area (Å²) in [5, 5.41) is 0. The summed E-state index contributed by atoms with van der Waals surface area (Å²) in [4.78, 5) is 2.56. The van der Waals surface area contributed by atoms with Crippen molar-refractivity contribution in [2.45, 2.75) is 38.5 Å². The van der Waals surface area contributed by atoms with Crippen molar-refractivity contribution in [3.63, 3.8) is 0 Å². The Hall–Kier alpha value is -2.27. The van der Waals surface area contributed by atoms with Crippen molar-refractivity contribution >= 4 is 0 Å². The first-order valence-electron chi connectivity index (χ1n) is 10.7. The van der Waals surface area contributed by atoms with E-state index in [1.807, 2.05) is 30.3 Å². The van der Waals surface area contributed by atoms with Crippen molar-refractivity contribution in [2.24, 2.45) is 5.92 Å². The number of likely N-dealkylation sites (tertiary alicyclic amines) is 1. The highest BCUT2D eigenvalue weighted by Crippen LogP contribution is 2.37. The molecule has 0 aromatic heterocycles. The molecule has 5 heteroatoms. The van der Waals surface area contributed by atoms with Crippen molar-refractivity contribution in [2.75, 3.05) is 33.0 Å². The highest BCUT2D eigenvalue weighted by atomic mass is 19.1. The maximum atomic E-state index is 13.4. The van der Waals surface area contributed by atoms with Gasteiger partial charge in [0.1, 0.15) is 11.6 Å². The molecule has 156 valence electrons. The molecule has 2 aliphatic heterocycles. The van der Waals surface area contributed by atoms with E-state index in [2.05, 4.69) is 11.8 Å². The van der Waals surface area contributed by atoms with Gasteiger partial charge in [-0.3, -0.25) is 0 Å². The molecule has 2 aromatic carbocycles. The molecule has 0 amide bonds. The second-order valence-corrected chi connectivity index (χ2v) is 8.04. The number of halogens is 1. The zero-order valence-electron chi connectivity index (χ0n) is 17.1. The van der Waals surface area contributed by atoms with E-state index in [1.165, 1.54) is 24.8 Å². The Morgan fingerprint density at radius 3 is 2.72 bits per heavy atom. The number of hydrogen-bond donors (Lipinski definition) is 0. The van der Waals surface area contributed by atoms with Crippen LogP contribution < -0.4 is 14.2 Å². The van der Waals surface area contributed by atoms with E-state index >= 15 is 0 Å². The number of hydrogen-bond acceptors (Lipinski definition) is 4. The van der Waals surface area contributed by atoms with Crippen molar-refractivity contribution in [1.82, 2.24) is 4.90 Å². The summed E-state index contributed by atoms with van der Waals surface area (Å²) in [6, 6.07) is 12.7. The molecule has 0 spiro atoms. The van der Waals surface area contributed by atoms with E-state index in [0.29, 0.717) is 18.4 Å². The number of rotatable bonds is 8. The predicted molar refractivity (Wildman–Crippen MR) is 111 cm³/mol. The van der Waals surface area contributed by atoms with Gasteiger partial charge in [0, 0.05) is 18.5 Å². The lowest BCUT2D eigenvalue weighted by atomic mass is 9.80. The average Bonchev–Trinajstić information content (AvgIpc) is 3.21. The van der Waals surface area contributed by atoms with E-state index < -0.39 is 0 Å². The van der Waals surface area contributed by atoms with Crippen LogP contribution in [0.3, 0.4) is 0 Å². The highest BCUT2D eigenvalue weighted by molar-refractivity contribution is 5.46. The van der Waals surface area contributed by atoms with Gasteiger partial charge in [0.25, 0.3) is 0 Å². The first-order valence-corrected chi connectivity index (χ1v) is 10.7. The van der Waals surface area contributed by atoms with Crippen molar-refractivity contribution in [3.8, 4) is 17.2 Å². The summed E-state index contributed by atoms with van der Waals surface area (Å²) < 4.78 is 30.4. The maximum Gasteiger partial charge on any atom is 0.231 e. The molecule has 2 atom stereocenters. The average molecular weight is 400 g/mol. The number of benzene rings is 2. The summed E-state index contributed by atoms with van der Waals surface area (Å²) in [6.45, 7) is 6.38. The summed E-state index contributed by atoms with van der Waals surface area (Å²) in [5.74, 6) is 2.87. The van der Waals surface area contributed by atoms with E-state index in [-0.39, 0.29) is 12.6 Å². The van der Waals surface area contributed by atoms with Crippen LogP contribution in [0, 0.1) is 11.7 Å². The molecule has 0 bridgehead atoms. The zero-order chi connectivity index (χ0) is 20.1. The van der Waals surface area contributed by atoms with Crippen LogP contribution in [0.2, 0.25) is 0 Å². The molecule has 2 heterocycles. The molecule has 0 unspecified atom stereocenters. The fraction of sp³-hybridized carbons (Fsp3) is 0.500. The summed E-state index contributed by atoms with van der Waals surface area (Å²) in [7, 11) is 0. The molecule has 1 saturated heterocycles. The van der Waals surface area contributed by atoms with Crippen molar-refractivity contribution < 1.29 is 18.6 Å². The Morgan fingerprint density at radius 1 is 1.07 bits per heavy atom. The van der Waals surface area contributed by atoms with Crippen molar-refractivity contribution in [3.05, 3.63) is 53.8 Å².